The van der Waals surface area contributed by atoms with Gasteiger partial charge in [0.2, 0.25) is 0 Å². The monoisotopic (exact) mass is 444 g/mol. The molecule has 3 rings (SSSR count). The first kappa shape index (κ1) is 22.5. The Hall–Kier alpha value is -2.19. The Morgan fingerprint density at radius 2 is 1.90 bits per heavy atom. The molecule has 0 spiro atoms. The first-order valence-corrected chi connectivity index (χ1v) is 11.6. The van der Waals surface area contributed by atoms with E-state index in [2.05, 4.69) is 18.7 Å². The summed E-state index contributed by atoms with van der Waals surface area (Å²) in [6.45, 7) is 10.5. The van der Waals surface area contributed by atoms with Crippen LogP contribution in [0, 0.1) is 5.92 Å². The topological polar surface area (TPSA) is 57.9 Å². The zero-order valence-corrected chi connectivity index (χ0v) is 19.6. The number of nitrogens with zero attached hydrogens (tertiary/aromatic N) is 4. The largest absolute Gasteiger partial charge is 0.356 e. The van der Waals surface area contributed by atoms with Gasteiger partial charge in [0.1, 0.15) is 15.8 Å². The number of anilines is 1. The Balaban J connectivity index is 2.16. The SMILES string of the molecule is CCCN(CCC)c1nc2ccccn2c(=O)c1C=C1SC(=S)N(CC(C)C)C1=O. The number of amides is 1. The third kappa shape index (κ3) is 4.59. The molecule has 2 aromatic heterocycles. The highest BCUT2D eigenvalue weighted by atomic mass is 32.2. The van der Waals surface area contributed by atoms with E-state index in [-0.39, 0.29) is 11.5 Å². The van der Waals surface area contributed by atoms with Crippen LogP contribution in [0.15, 0.2) is 34.1 Å². The number of hydrogen-bond acceptors (Lipinski definition) is 6. The second kappa shape index (κ2) is 9.75. The minimum absolute atomic E-state index is 0.139. The van der Waals surface area contributed by atoms with Gasteiger partial charge in [0, 0.05) is 25.8 Å². The molecule has 0 radical (unpaired) electrons. The van der Waals surface area contributed by atoms with E-state index in [1.165, 1.54) is 16.2 Å². The summed E-state index contributed by atoms with van der Waals surface area (Å²) in [7, 11) is 0. The number of thiocarbonyl (C=S) groups is 1. The van der Waals surface area contributed by atoms with Gasteiger partial charge in [-0.1, -0.05) is 57.7 Å². The molecule has 1 aliphatic rings. The Morgan fingerprint density at radius 3 is 2.53 bits per heavy atom. The van der Waals surface area contributed by atoms with E-state index in [1.807, 2.05) is 26.0 Å². The van der Waals surface area contributed by atoms with Crippen LogP contribution in [0.25, 0.3) is 11.7 Å². The van der Waals surface area contributed by atoms with Crippen molar-refractivity contribution >= 4 is 51.7 Å². The highest BCUT2D eigenvalue weighted by molar-refractivity contribution is 8.26. The van der Waals surface area contributed by atoms with E-state index >= 15 is 0 Å². The highest BCUT2D eigenvalue weighted by Crippen LogP contribution is 2.34. The maximum atomic E-state index is 13.4. The Kier molecular flexibility index (Phi) is 7.31. The van der Waals surface area contributed by atoms with E-state index in [9.17, 15) is 9.59 Å². The number of hydrogen-bond donors (Lipinski definition) is 0. The molecule has 1 saturated heterocycles. The Morgan fingerprint density at radius 1 is 1.20 bits per heavy atom. The molecule has 3 heterocycles. The van der Waals surface area contributed by atoms with Gasteiger partial charge in [0.25, 0.3) is 11.5 Å². The van der Waals surface area contributed by atoms with Crippen molar-refractivity contribution in [2.24, 2.45) is 5.92 Å². The molecule has 0 saturated carbocycles. The van der Waals surface area contributed by atoms with Gasteiger partial charge in [-0.15, -0.1) is 0 Å². The third-order valence-electron chi connectivity index (χ3n) is 4.73. The fraction of sp³-hybridized carbons (Fsp3) is 0.455. The van der Waals surface area contributed by atoms with E-state index in [0.717, 1.165) is 25.9 Å². The van der Waals surface area contributed by atoms with Crippen LogP contribution in [0.5, 0.6) is 0 Å². The van der Waals surface area contributed by atoms with Crippen molar-refractivity contribution in [3.63, 3.8) is 0 Å². The summed E-state index contributed by atoms with van der Waals surface area (Å²) in [4.78, 5) is 35.4. The van der Waals surface area contributed by atoms with E-state index in [4.69, 9.17) is 17.2 Å². The van der Waals surface area contributed by atoms with Gasteiger partial charge in [0.05, 0.1) is 10.5 Å². The predicted molar refractivity (Wildman–Crippen MR) is 129 cm³/mol. The van der Waals surface area contributed by atoms with Crippen LogP contribution in [0.4, 0.5) is 5.82 Å². The summed E-state index contributed by atoms with van der Waals surface area (Å²) < 4.78 is 2.06. The van der Waals surface area contributed by atoms with Crippen molar-refractivity contribution in [3.8, 4) is 0 Å². The number of carbonyl (C=O) groups excluding carboxylic acids is 1. The number of fused-ring (bicyclic) bond motifs is 1. The number of carbonyl (C=O) groups is 1. The molecule has 0 atom stereocenters. The standard InChI is InChI=1S/C22H28N4O2S2/c1-5-10-24(11-6-2)19-16(20(27)25-12-8-7-9-18(25)23-19)13-17-21(28)26(14-15(3)4)22(29)30-17/h7-9,12-13,15H,5-6,10-11,14H2,1-4H3. The Labute approximate surface area is 187 Å². The van der Waals surface area contributed by atoms with Crippen molar-refractivity contribution < 1.29 is 4.79 Å². The lowest BCUT2D eigenvalue weighted by Gasteiger charge is -2.24. The lowest BCUT2D eigenvalue weighted by molar-refractivity contribution is -0.122. The van der Waals surface area contributed by atoms with Gasteiger partial charge in [-0.3, -0.25) is 18.9 Å². The van der Waals surface area contributed by atoms with Crippen LogP contribution in [-0.2, 0) is 4.79 Å². The smallest absolute Gasteiger partial charge is 0.267 e. The van der Waals surface area contributed by atoms with Gasteiger partial charge >= 0.3 is 0 Å². The first-order valence-electron chi connectivity index (χ1n) is 10.4. The molecule has 0 aromatic carbocycles. The summed E-state index contributed by atoms with van der Waals surface area (Å²) in [5.41, 5.74) is 0.854. The molecule has 0 aliphatic carbocycles. The van der Waals surface area contributed by atoms with Crippen LogP contribution in [0.1, 0.15) is 46.1 Å². The van der Waals surface area contributed by atoms with Crippen LogP contribution in [0.2, 0.25) is 0 Å². The number of pyridine rings is 1. The summed E-state index contributed by atoms with van der Waals surface area (Å²) >= 11 is 6.68. The zero-order chi connectivity index (χ0) is 21.8. The second-order valence-electron chi connectivity index (χ2n) is 7.76. The van der Waals surface area contributed by atoms with Crippen molar-refractivity contribution in [1.29, 1.82) is 0 Å². The maximum absolute atomic E-state index is 13.4. The minimum atomic E-state index is -0.179. The molecule has 1 fully saturated rings. The van der Waals surface area contributed by atoms with Gasteiger partial charge in [-0.05, 0) is 37.0 Å². The van der Waals surface area contributed by atoms with Crippen LogP contribution >= 0.6 is 24.0 Å². The molecule has 160 valence electrons. The predicted octanol–water partition coefficient (Wildman–Crippen LogP) is 4.18. The molecule has 8 heteroatoms. The molecule has 0 N–H and O–H groups in total. The van der Waals surface area contributed by atoms with Crippen LogP contribution < -0.4 is 10.5 Å². The van der Waals surface area contributed by atoms with Gasteiger partial charge in [-0.25, -0.2) is 4.98 Å². The summed E-state index contributed by atoms with van der Waals surface area (Å²) in [6, 6.07) is 5.50. The van der Waals surface area contributed by atoms with E-state index in [0.29, 0.717) is 38.7 Å². The second-order valence-corrected chi connectivity index (χ2v) is 9.43. The van der Waals surface area contributed by atoms with Crippen molar-refractivity contribution in [3.05, 3.63) is 45.2 Å². The molecular weight excluding hydrogens is 416 g/mol. The van der Waals surface area contributed by atoms with Gasteiger partial charge in [-0.2, -0.15) is 0 Å². The fourth-order valence-corrected chi connectivity index (χ4v) is 4.73. The number of rotatable bonds is 8. The summed E-state index contributed by atoms with van der Waals surface area (Å²) in [6.07, 6.45) is 5.26. The first-order chi connectivity index (χ1) is 14.4. The number of aromatic nitrogens is 2. The van der Waals surface area contributed by atoms with E-state index < -0.39 is 0 Å². The molecule has 1 amide bonds. The van der Waals surface area contributed by atoms with Crippen LogP contribution in [-0.4, -0.2) is 44.1 Å². The van der Waals surface area contributed by atoms with Crippen molar-refractivity contribution in [1.82, 2.24) is 14.3 Å². The normalized spacial score (nSPS) is 15.8. The fourth-order valence-electron chi connectivity index (χ4n) is 3.48. The third-order valence-corrected chi connectivity index (χ3v) is 6.11. The average Bonchev–Trinajstić information content (AvgIpc) is 2.97. The minimum Gasteiger partial charge on any atom is -0.356 e. The highest BCUT2D eigenvalue weighted by Gasteiger charge is 2.33. The Bertz CT molecular complexity index is 1040. The van der Waals surface area contributed by atoms with Crippen molar-refractivity contribution in [2.75, 3.05) is 24.5 Å². The molecule has 6 nitrogen and oxygen atoms in total. The lowest BCUT2D eigenvalue weighted by Crippen LogP contribution is -2.32. The zero-order valence-electron chi connectivity index (χ0n) is 17.9. The number of thioether (sulfide) groups is 1. The molecular formula is C22H28N4O2S2. The molecule has 0 bridgehead atoms. The average molecular weight is 445 g/mol. The molecule has 0 unspecified atom stereocenters. The molecule has 30 heavy (non-hydrogen) atoms. The quantitative estimate of drug-likeness (QED) is 0.450. The maximum Gasteiger partial charge on any atom is 0.267 e. The van der Waals surface area contributed by atoms with Crippen molar-refractivity contribution in [2.45, 2.75) is 40.5 Å². The van der Waals surface area contributed by atoms with E-state index in [1.54, 1.807) is 23.2 Å². The van der Waals surface area contributed by atoms with Crippen LogP contribution in [0.3, 0.4) is 0 Å². The van der Waals surface area contributed by atoms with Gasteiger partial charge in [0.15, 0.2) is 0 Å². The molecule has 2 aromatic rings. The molecule has 1 aliphatic heterocycles. The van der Waals surface area contributed by atoms with Gasteiger partial charge < -0.3 is 4.90 Å². The summed E-state index contributed by atoms with van der Waals surface area (Å²) in [5.74, 6) is 0.795. The summed E-state index contributed by atoms with van der Waals surface area (Å²) in [5, 5.41) is 0. The lowest BCUT2D eigenvalue weighted by atomic mass is 10.2.